The van der Waals surface area contributed by atoms with Gasteiger partial charge in [0.05, 0.1) is 27.3 Å². The van der Waals surface area contributed by atoms with Crippen LogP contribution < -0.4 is 4.90 Å². The van der Waals surface area contributed by atoms with E-state index in [4.69, 9.17) is 0 Å². The molecule has 1 aromatic heterocycles. The Morgan fingerprint density at radius 1 is 1.06 bits per heavy atom. The Kier molecular flexibility index (Phi) is 5.64. The Morgan fingerprint density at radius 3 is 2.39 bits per heavy atom. The van der Waals surface area contributed by atoms with Crippen LogP contribution in [-0.4, -0.2) is 46.9 Å². The number of carbonyl (C=O) groups excluding carboxylic acids is 1. The van der Waals surface area contributed by atoms with Crippen molar-refractivity contribution in [3.8, 4) is 0 Å². The zero-order valence-corrected chi connectivity index (χ0v) is 17.4. The number of rotatable bonds is 3. The molecule has 0 N–H and O–H groups in total. The number of nitro groups is 1. The number of hydrogen-bond acceptors (Lipinski definition) is 5. The normalized spacial score (nSPS) is 14.6. The smallest absolute Gasteiger partial charge is 0.362 e. The Bertz CT molecular complexity index is 1250. The van der Waals surface area contributed by atoms with Crippen molar-refractivity contribution < 1.29 is 27.3 Å². The third-order valence-corrected chi connectivity index (χ3v) is 5.61. The molecule has 33 heavy (non-hydrogen) atoms. The second kappa shape index (κ2) is 8.30. The number of nitrogens with zero attached hydrogens (tertiary/aromatic N) is 4. The number of piperazine rings is 1. The van der Waals surface area contributed by atoms with Crippen molar-refractivity contribution in [1.82, 2.24) is 9.88 Å². The van der Waals surface area contributed by atoms with Crippen molar-refractivity contribution in [3.05, 3.63) is 75.2 Å². The molecule has 0 aliphatic carbocycles. The van der Waals surface area contributed by atoms with E-state index in [0.29, 0.717) is 28.2 Å². The summed E-state index contributed by atoms with van der Waals surface area (Å²) in [5.74, 6) is -0.713. The summed E-state index contributed by atoms with van der Waals surface area (Å²) in [4.78, 5) is 31.1. The van der Waals surface area contributed by atoms with Gasteiger partial charge in [0, 0.05) is 43.7 Å². The van der Waals surface area contributed by atoms with E-state index in [1.165, 1.54) is 18.2 Å². The first-order valence-corrected chi connectivity index (χ1v) is 10.0. The molecular weight excluding hydrogens is 444 g/mol. The number of pyridine rings is 1. The lowest BCUT2D eigenvalue weighted by atomic mass is 10.1. The predicted octanol–water partition coefficient (Wildman–Crippen LogP) is 4.57. The summed E-state index contributed by atoms with van der Waals surface area (Å²) in [7, 11) is 0. The van der Waals surface area contributed by atoms with Gasteiger partial charge in [-0.05, 0) is 37.3 Å². The van der Waals surface area contributed by atoms with Crippen LogP contribution in [0.1, 0.15) is 21.6 Å². The number of alkyl halides is 3. The minimum absolute atomic E-state index is 0.0747. The van der Waals surface area contributed by atoms with Crippen LogP contribution in [0, 0.1) is 22.9 Å². The minimum Gasteiger partial charge on any atom is -0.362 e. The number of carbonyl (C=O) groups is 1. The molecule has 0 spiro atoms. The highest BCUT2D eigenvalue weighted by Gasteiger charge is 2.34. The van der Waals surface area contributed by atoms with E-state index in [1.807, 2.05) is 0 Å². The first kappa shape index (κ1) is 22.4. The molecule has 0 radical (unpaired) electrons. The average Bonchev–Trinajstić information content (AvgIpc) is 2.77. The van der Waals surface area contributed by atoms with Gasteiger partial charge in [0.25, 0.3) is 11.6 Å². The molecule has 0 atom stereocenters. The zero-order chi connectivity index (χ0) is 23.9. The van der Waals surface area contributed by atoms with Gasteiger partial charge in [-0.15, -0.1) is 0 Å². The molecule has 7 nitrogen and oxygen atoms in total. The third-order valence-electron chi connectivity index (χ3n) is 5.61. The summed E-state index contributed by atoms with van der Waals surface area (Å²) in [5.41, 5.74) is -0.409. The molecular formula is C22H18F4N4O3. The second-order valence-electron chi connectivity index (χ2n) is 7.70. The Morgan fingerprint density at radius 2 is 1.76 bits per heavy atom. The van der Waals surface area contributed by atoms with Crippen molar-refractivity contribution in [2.24, 2.45) is 0 Å². The maximum atomic E-state index is 13.4. The Balaban J connectivity index is 1.53. The van der Waals surface area contributed by atoms with Crippen molar-refractivity contribution in [1.29, 1.82) is 0 Å². The molecule has 4 rings (SSSR count). The number of amides is 1. The van der Waals surface area contributed by atoms with E-state index in [1.54, 1.807) is 22.8 Å². The topological polar surface area (TPSA) is 79.6 Å². The van der Waals surface area contributed by atoms with E-state index in [2.05, 4.69) is 4.98 Å². The standard InChI is InChI=1S/C22H18F4N4O3/c1-13-17(10-14-2-4-16(23)12-18(14)27-13)21(31)29-8-6-28(7-9-29)19-5-3-15(22(24,25)26)11-20(19)30(32)33/h2-5,10-12H,6-9H2,1H3. The molecule has 172 valence electrons. The van der Waals surface area contributed by atoms with Crippen molar-refractivity contribution in [3.63, 3.8) is 0 Å². The van der Waals surface area contributed by atoms with E-state index >= 15 is 0 Å². The van der Waals surface area contributed by atoms with E-state index in [-0.39, 0.29) is 37.8 Å². The molecule has 0 unspecified atom stereocenters. The molecule has 1 aliphatic rings. The van der Waals surface area contributed by atoms with Crippen LogP contribution in [0.4, 0.5) is 28.9 Å². The monoisotopic (exact) mass is 462 g/mol. The van der Waals surface area contributed by atoms with Crippen LogP contribution in [0.5, 0.6) is 0 Å². The number of benzene rings is 2. The van der Waals surface area contributed by atoms with Crippen LogP contribution in [0.25, 0.3) is 10.9 Å². The van der Waals surface area contributed by atoms with Crippen molar-refractivity contribution >= 4 is 28.2 Å². The number of nitro benzene ring substituents is 1. The Labute approximate surface area is 185 Å². The fourth-order valence-corrected chi connectivity index (χ4v) is 3.89. The summed E-state index contributed by atoms with van der Waals surface area (Å²) in [6.07, 6.45) is -4.69. The van der Waals surface area contributed by atoms with Crippen LogP contribution in [0.15, 0.2) is 42.5 Å². The number of halogens is 4. The summed E-state index contributed by atoms with van der Waals surface area (Å²) >= 11 is 0. The Hall–Kier alpha value is -3.76. The highest BCUT2D eigenvalue weighted by Crippen LogP contribution is 2.36. The molecule has 1 fully saturated rings. The molecule has 0 saturated carbocycles. The highest BCUT2D eigenvalue weighted by molar-refractivity contribution is 5.98. The maximum absolute atomic E-state index is 13.4. The van der Waals surface area contributed by atoms with Gasteiger partial charge in [0.15, 0.2) is 0 Å². The summed E-state index contributed by atoms with van der Waals surface area (Å²) < 4.78 is 52.3. The molecule has 2 aromatic carbocycles. The van der Waals surface area contributed by atoms with Gasteiger partial charge >= 0.3 is 6.18 Å². The highest BCUT2D eigenvalue weighted by atomic mass is 19.4. The van der Waals surface area contributed by atoms with Crippen LogP contribution >= 0.6 is 0 Å². The van der Waals surface area contributed by atoms with Gasteiger partial charge in [-0.2, -0.15) is 13.2 Å². The third kappa shape index (κ3) is 4.43. The average molecular weight is 462 g/mol. The molecule has 2 heterocycles. The molecule has 1 aliphatic heterocycles. The molecule has 1 saturated heterocycles. The zero-order valence-electron chi connectivity index (χ0n) is 17.4. The summed E-state index contributed by atoms with van der Waals surface area (Å²) in [6.45, 7) is 2.52. The number of aryl methyl sites for hydroxylation is 1. The SMILES string of the molecule is Cc1nc2cc(F)ccc2cc1C(=O)N1CCN(c2ccc(C(F)(F)F)cc2[N+](=O)[O-])CC1. The first-order valence-electron chi connectivity index (χ1n) is 10.0. The van der Waals surface area contributed by atoms with Crippen LogP contribution in [0.3, 0.4) is 0 Å². The van der Waals surface area contributed by atoms with Crippen molar-refractivity contribution in [2.45, 2.75) is 13.1 Å². The quantitative estimate of drug-likeness (QED) is 0.324. The molecule has 0 bridgehead atoms. The van der Waals surface area contributed by atoms with Crippen molar-refractivity contribution in [2.75, 3.05) is 31.1 Å². The molecule has 11 heteroatoms. The lowest BCUT2D eigenvalue weighted by molar-refractivity contribution is -0.384. The largest absolute Gasteiger partial charge is 0.416 e. The van der Waals surface area contributed by atoms with Gasteiger partial charge in [0.1, 0.15) is 11.5 Å². The van der Waals surface area contributed by atoms with Crippen LogP contribution in [-0.2, 0) is 6.18 Å². The van der Waals surface area contributed by atoms with Gasteiger partial charge in [-0.3, -0.25) is 19.9 Å². The predicted molar refractivity (Wildman–Crippen MR) is 113 cm³/mol. The summed E-state index contributed by atoms with van der Waals surface area (Å²) in [5, 5.41) is 12.0. The minimum atomic E-state index is -4.69. The van der Waals surface area contributed by atoms with Gasteiger partial charge in [0.2, 0.25) is 0 Å². The lowest BCUT2D eigenvalue weighted by Crippen LogP contribution is -2.49. The van der Waals surface area contributed by atoms with E-state index in [9.17, 15) is 32.5 Å². The molecule has 3 aromatic rings. The van der Waals surface area contributed by atoms with E-state index < -0.39 is 28.2 Å². The van der Waals surface area contributed by atoms with E-state index in [0.717, 1.165) is 12.1 Å². The second-order valence-corrected chi connectivity index (χ2v) is 7.70. The first-order chi connectivity index (χ1) is 15.5. The molecule has 1 amide bonds. The fraction of sp³-hybridized carbons (Fsp3) is 0.273. The van der Waals surface area contributed by atoms with Gasteiger partial charge in [-0.1, -0.05) is 0 Å². The fourth-order valence-electron chi connectivity index (χ4n) is 3.89. The summed E-state index contributed by atoms with van der Waals surface area (Å²) in [6, 6.07) is 8.18. The lowest BCUT2D eigenvalue weighted by Gasteiger charge is -2.36. The van der Waals surface area contributed by atoms with Gasteiger partial charge < -0.3 is 9.80 Å². The van der Waals surface area contributed by atoms with Crippen LogP contribution in [0.2, 0.25) is 0 Å². The number of aromatic nitrogens is 1. The number of anilines is 1. The maximum Gasteiger partial charge on any atom is 0.416 e. The van der Waals surface area contributed by atoms with Gasteiger partial charge in [-0.25, -0.2) is 4.39 Å². The number of hydrogen-bond donors (Lipinski definition) is 0. The number of fused-ring (bicyclic) bond motifs is 1.